The topological polar surface area (TPSA) is 112 Å². The van der Waals surface area contributed by atoms with Crippen molar-refractivity contribution in [3.63, 3.8) is 0 Å². The number of halogens is 3. The number of rotatable bonds is 7. The summed E-state index contributed by atoms with van der Waals surface area (Å²) in [6, 6.07) is 1.75. The zero-order valence-corrected chi connectivity index (χ0v) is 15.4. The first kappa shape index (κ1) is 20.9. The third-order valence-electron chi connectivity index (χ3n) is 4.10. The lowest BCUT2D eigenvalue weighted by Gasteiger charge is -2.10. The zero-order valence-electron chi connectivity index (χ0n) is 15.4. The number of benzene rings is 1. The molecule has 3 N–H and O–H groups in total. The SMILES string of the molecule is C#CCOc1cnc(C(=O)Nc2cc(F)c(F)c([C@H]3C[C@H]3OC(N)=NCF)c2)cn1. The molecule has 1 aromatic carbocycles. The first-order valence-electron chi connectivity index (χ1n) is 8.64. The van der Waals surface area contributed by atoms with Crippen LogP contribution >= 0.6 is 0 Å². The van der Waals surface area contributed by atoms with Gasteiger partial charge in [0, 0.05) is 17.7 Å². The molecule has 1 amide bonds. The summed E-state index contributed by atoms with van der Waals surface area (Å²) in [7, 11) is 0. The first-order valence-corrected chi connectivity index (χ1v) is 8.64. The minimum atomic E-state index is -1.15. The van der Waals surface area contributed by atoms with Gasteiger partial charge in [0.1, 0.15) is 11.8 Å². The molecule has 0 unspecified atom stereocenters. The predicted molar refractivity (Wildman–Crippen MR) is 100 cm³/mol. The van der Waals surface area contributed by atoms with Crippen LogP contribution in [-0.4, -0.2) is 41.4 Å². The van der Waals surface area contributed by atoms with Crippen molar-refractivity contribution in [3.8, 4) is 18.2 Å². The average molecular weight is 419 g/mol. The van der Waals surface area contributed by atoms with Crippen LogP contribution in [-0.2, 0) is 4.74 Å². The van der Waals surface area contributed by atoms with Crippen molar-refractivity contribution in [2.45, 2.75) is 18.4 Å². The molecule has 1 saturated carbocycles. The quantitative estimate of drug-likeness (QED) is 0.308. The maximum atomic E-state index is 14.2. The Bertz CT molecular complexity index is 1010. The molecule has 1 aromatic heterocycles. The van der Waals surface area contributed by atoms with Crippen molar-refractivity contribution in [1.29, 1.82) is 0 Å². The number of terminal acetylenes is 1. The van der Waals surface area contributed by atoms with Gasteiger partial charge >= 0.3 is 0 Å². The molecule has 0 aliphatic heterocycles. The second-order valence-electron chi connectivity index (χ2n) is 6.16. The Morgan fingerprint density at radius 2 is 2.17 bits per heavy atom. The van der Waals surface area contributed by atoms with Crippen LogP contribution in [0.4, 0.5) is 18.9 Å². The maximum absolute atomic E-state index is 14.2. The van der Waals surface area contributed by atoms with E-state index in [2.05, 4.69) is 26.2 Å². The number of anilines is 1. The van der Waals surface area contributed by atoms with Gasteiger partial charge in [-0.1, -0.05) is 5.92 Å². The summed E-state index contributed by atoms with van der Waals surface area (Å²) in [6.45, 7) is -1.05. The lowest BCUT2D eigenvalue weighted by molar-refractivity contribution is 0.102. The number of alkyl halides is 1. The van der Waals surface area contributed by atoms with Crippen LogP contribution in [0.15, 0.2) is 29.5 Å². The highest BCUT2D eigenvalue weighted by Crippen LogP contribution is 2.45. The Morgan fingerprint density at radius 1 is 1.37 bits per heavy atom. The van der Waals surface area contributed by atoms with E-state index in [1.807, 2.05) is 0 Å². The number of ether oxygens (including phenoxy) is 2. The summed E-state index contributed by atoms with van der Waals surface area (Å²) >= 11 is 0. The number of carbonyl (C=O) groups excluding carboxylic acids is 1. The van der Waals surface area contributed by atoms with E-state index in [4.69, 9.17) is 21.6 Å². The van der Waals surface area contributed by atoms with Crippen LogP contribution in [0.2, 0.25) is 0 Å². The van der Waals surface area contributed by atoms with E-state index in [0.29, 0.717) is 6.42 Å². The number of hydrogen-bond acceptors (Lipinski definition) is 6. The van der Waals surface area contributed by atoms with E-state index >= 15 is 0 Å². The first-order chi connectivity index (χ1) is 14.4. The number of aliphatic imine (C=N–C) groups is 1. The van der Waals surface area contributed by atoms with E-state index < -0.39 is 36.4 Å². The highest BCUT2D eigenvalue weighted by Gasteiger charge is 2.43. The van der Waals surface area contributed by atoms with Crippen molar-refractivity contribution in [2.24, 2.45) is 10.7 Å². The van der Waals surface area contributed by atoms with Crippen molar-refractivity contribution in [1.82, 2.24) is 9.97 Å². The van der Waals surface area contributed by atoms with Gasteiger partial charge < -0.3 is 20.5 Å². The van der Waals surface area contributed by atoms with Crippen LogP contribution in [0, 0.1) is 24.0 Å². The van der Waals surface area contributed by atoms with Gasteiger partial charge in [0.05, 0.1) is 12.4 Å². The zero-order chi connectivity index (χ0) is 21.7. The van der Waals surface area contributed by atoms with Gasteiger partial charge in [0.2, 0.25) is 5.88 Å². The van der Waals surface area contributed by atoms with E-state index in [9.17, 15) is 18.0 Å². The molecule has 8 nitrogen and oxygen atoms in total. The molecule has 0 spiro atoms. The van der Waals surface area contributed by atoms with Gasteiger partial charge in [0.25, 0.3) is 11.9 Å². The number of carbonyl (C=O) groups is 1. The molecule has 0 bridgehead atoms. The number of nitrogens with two attached hydrogens (primary N) is 1. The van der Waals surface area contributed by atoms with E-state index in [1.54, 1.807) is 0 Å². The minimum Gasteiger partial charge on any atom is -0.463 e. The van der Waals surface area contributed by atoms with Gasteiger partial charge in [-0.05, 0) is 18.1 Å². The molecule has 2 aromatic rings. The van der Waals surface area contributed by atoms with Crippen molar-refractivity contribution in [2.75, 3.05) is 18.7 Å². The average Bonchev–Trinajstić information content (AvgIpc) is 3.48. The predicted octanol–water partition coefficient (Wildman–Crippen LogP) is 2.13. The van der Waals surface area contributed by atoms with Crippen LogP contribution < -0.4 is 15.8 Å². The molecule has 3 rings (SSSR count). The van der Waals surface area contributed by atoms with Crippen molar-refractivity contribution >= 4 is 17.6 Å². The normalized spacial score (nSPS) is 17.7. The van der Waals surface area contributed by atoms with Crippen LogP contribution in [0.5, 0.6) is 5.88 Å². The van der Waals surface area contributed by atoms with Gasteiger partial charge in [-0.15, -0.1) is 6.42 Å². The fraction of sp³-hybridized carbons (Fsp3) is 0.263. The smallest absolute Gasteiger partial charge is 0.284 e. The Morgan fingerprint density at radius 3 is 2.83 bits per heavy atom. The second kappa shape index (κ2) is 9.13. The van der Waals surface area contributed by atoms with Gasteiger partial charge in [-0.25, -0.2) is 28.1 Å². The Labute approximate surface area is 169 Å². The van der Waals surface area contributed by atoms with Crippen molar-refractivity contribution < 1.29 is 27.4 Å². The summed E-state index contributed by atoms with van der Waals surface area (Å²) in [6.07, 6.45) is 7.19. The number of nitrogens with zero attached hydrogens (tertiary/aromatic N) is 3. The largest absolute Gasteiger partial charge is 0.463 e. The number of aromatic nitrogens is 2. The number of amides is 1. The monoisotopic (exact) mass is 419 g/mol. The standard InChI is InChI=1S/C19H16F3N5O3/c1-2-3-29-16-8-24-14(7-25-16)18(28)27-10-4-12(17(22)13(21)5-10)11-6-15(11)30-19(23)26-9-20/h1,4-5,7-8,11,15H,3,6,9H2,(H2,23,26)(H,27,28)/t11-,15-/m1/s1. The van der Waals surface area contributed by atoms with Crippen LogP contribution in [0.25, 0.3) is 0 Å². The van der Waals surface area contributed by atoms with E-state index in [-0.39, 0.29) is 35.5 Å². The fourth-order valence-corrected chi connectivity index (χ4v) is 2.65. The Hall–Kier alpha value is -3.81. The van der Waals surface area contributed by atoms with E-state index in [1.165, 1.54) is 12.3 Å². The second-order valence-corrected chi connectivity index (χ2v) is 6.16. The van der Waals surface area contributed by atoms with Crippen LogP contribution in [0.1, 0.15) is 28.4 Å². The minimum absolute atomic E-state index is 0.00495. The van der Waals surface area contributed by atoms with Crippen LogP contribution in [0.3, 0.4) is 0 Å². The van der Waals surface area contributed by atoms with Gasteiger partial charge in [-0.3, -0.25) is 4.79 Å². The molecular weight excluding hydrogens is 403 g/mol. The molecule has 1 fully saturated rings. The molecule has 156 valence electrons. The maximum Gasteiger partial charge on any atom is 0.284 e. The molecule has 0 radical (unpaired) electrons. The third kappa shape index (κ3) is 4.96. The van der Waals surface area contributed by atoms with Crippen molar-refractivity contribution in [3.05, 3.63) is 47.4 Å². The van der Waals surface area contributed by atoms with E-state index in [0.717, 1.165) is 12.3 Å². The number of amidine groups is 1. The molecule has 2 atom stereocenters. The lowest BCUT2D eigenvalue weighted by Crippen LogP contribution is -2.18. The fourth-order valence-electron chi connectivity index (χ4n) is 2.65. The highest BCUT2D eigenvalue weighted by molar-refractivity contribution is 6.02. The Kier molecular flexibility index (Phi) is 6.36. The molecular formula is C19H16F3N5O3. The number of hydrogen-bond donors (Lipinski definition) is 2. The highest BCUT2D eigenvalue weighted by atomic mass is 19.2. The van der Waals surface area contributed by atoms with Gasteiger partial charge in [0.15, 0.2) is 25.0 Å². The summed E-state index contributed by atoms with van der Waals surface area (Å²) in [5.74, 6) is -1.03. The summed E-state index contributed by atoms with van der Waals surface area (Å²) in [4.78, 5) is 23.3. The molecule has 30 heavy (non-hydrogen) atoms. The molecule has 1 aliphatic rings. The molecule has 1 heterocycles. The summed E-state index contributed by atoms with van der Waals surface area (Å²) in [5, 5.41) is 2.43. The summed E-state index contributed by atoms with van der Waals surface area (Å²) in [5.41, 5.74) is 5.30. The molecule has 1 aliphatic carbocycles. The number of nitrogens with one attached hydrogen (secondary N) is 1. The third-order valence-corrected chi connectivity index (χ3v) is 4.10. The lowest BCUT2D eigenvalue weighted by atomic mass is 10.1. The summed E-state index contributed by atoms with van der Waals surface area (Å²) < 4.78 is 50.6. The molecule has 0 saturated heterocycles. The Balaban J connectivity index is 1.71. The van der Waals surface area contributed by atoms with Gasteiger partial charge in [-0.2, -0.15) is 0 Å². The molecule has 11 heteroatoms.